The normalized spacial score (nSPS) is 12.3. The minimum atomic E-state index is -0.229. The van der Waals surface area contributed by atoms with Crippen LogP contribution in [-0.2, 0) is 14.3 Å². The predicted octanol–water partition coefficient (Wildman–Crippen LogP) is 3.39. The minimum absolute atomic E-state index is 0.0392. The molecule has 0 rings (SSSR count). The second kappa shape index (κ2) is 10.7. The monoisotopic (exact) mass is 285 g/mol. The number of rotatable bonds is 10. The molecule has 0 radical (unpaired) electrons. The van der Waals surface area contributed by atoms with Gasteiger partial charge in [0.15, 0.2) is 0 Å². The van der Waals surface area contributed by atoms with E-state index < -0.39 is 0 Å². The molecule has 0 aliphatic carbocycles. The Morgan fingerprint density at radius 2 is 1.85 bits per heavy atom. The summed E-state index contributed by atoms with van der Waals surface area (Å²) in [6.07, 6.45) is 4.77. The van der Waals surface area contributed by atoms with Crippen molar-refractivity contribution in [3.63, 3.8) is 0 Å². The fourth-order valence-electron chi connectivity index (χ4n) is 2.15. The number of hydrogen-bond donors (Lipinski definition) is 0. The zero-order valence-electron chi connectivity index (χ0n) is 13.8. The molecule has 118 valence electrons. The summed E-state index contributed by atoms with van der Waals surface area (Å²) in [6, 6.07) is 0. The van der Waals surface area contributed by atoms with Gasteiger partial charge in [0.25, 0.3) is 0 Å². The minimum Gasteiger partial charge on any atom is -0.463 e. The number of amides is 1. The van der Waals surface area contributed by atoms with E-state index in [1.54, 1.807) is 11.8 Å². The molecule has 0 aliphatic rings. The summed E-state index contributed by atoms with van der Waals surface area (Å²) in [5.41, 5.74) is 0. The molecule has 0 aliphatic heterocycles. The number of carbonyl (C=O) groups excluding carboxylic acids is 2. The average molecular weight is 285 g/mol. The summed E-state index contributed by atoms with van der Waals surface area (Å²) in [6.45, 7) is 10.8. The van der Waals surface area contributed by atoms with Gasteiger partial charge >= 0.3 is 5.97 Å². The first kappa shape index (κ1) is 18.9. The van der Waals surface area contributed by atoms with Gasteiger partial charge in [0.1, 0.15) is 0 Å². The van der Waals surface area contributed by atoms with Crippen LogP contribution in [-0.4, -0.2) is 36.0 Å². The van der Waals surface area contributed by atoms with Crippen LogP contribution in [0.25, 0.3) is 0 Å². The van der Waals surface area contributed by atoms with Crippen LogP contribution in [0.4, 0.5) is 0 Å². The van der Waals surface area contributed by atoms with Gasteiger partial charge in [0.05, 0.1) is 12.5 Å². The van der Waals surface area contributed by atoms with Gasteiger partial charge in [-0.05, 0) is 26.2 Å². The van der Waals surface area contributed by atoms with Crippen molar-refractivity contribution in [2.75, 3.05) is 13.1 Å². The lowest BCUT2D eigenvalue weighted by molar-refractivity contribution is -0.148. The molecular formula is C16H31NO3. The van der Waals surface area contributed by atoms with E-state index in [2.05, 4.69) is 13.8 Å². The third-order valence-electron chi connectivity index (χ3n) is 3.42. The number of hydrogen-bond acceptors (Lipinski definition) is 3. The summed E-state index contributed by atoms with van der Waals surface area (Å²) >= 11 is 0. The third-order valence-corrected chi connectivity index (χ3v) is 3.42. The van der Waals surface area contributed by atoms with Crippen molar-refractivity contribution in [2.45, 2.75) is 72.8 Å². The van der Waals surface area contributed by atoms with E-state index in [-0.39, 0.29) is 24.4 Å². The van der Waals surface area contributed by atoms with E-state index in [0.29, 0.717) is 12.5 Å². The number of nitrogens with zero attached hydrogens (tertiary/aromatic N) is 1. The highest BCUT2D eigenvalue weighted by molar-refractivity contribution is 5.75. The van der Waals surface area contributed by atoms with Crippen molar-refractivity contribution in [1.29, 1.82) is 0 Å². The van der Waals surface area contributed by atoms with Crippen LogP contribution in [0.3, 0.4) is 0 Å². The highest BCUT2D eigenvalue weighted by atomic mass is 16.5. The average Bonchev–Trinajstić information content (AvgIpc) is 2.36. The standard InChI is InChI=1S/C16H31NO3/c1-6-8-9-15(7-2)12-17(14(5)18)11-10-16(19)20-13(3)4/h13,15H,6-12H2,1-5H3. The van der Waals surface area contributed by atoms with Crippen molar-refractivity contribution >= 4 is 11.9 Å². The van der Waals surface area contributed by atoms with Gasteiger partial charge < -0.3 is 9.64 Å². The molecule has 0 aromatic carbocycles. The maximum Gasteiger partial charge on any atom is 0.307 e. The topological polar surface area (TPSA) is 46.6 Å². The Bertz CT molecular complexity index is 289. The molecule has 1 unspecified atom stereocenters. The summed E-state index contributed by atoms with van der Waals surface area (Å²) < 4.78 is 5.10. The molecule has 0 aromatic heterocycles. The Kier molecular flexibility index (Phi) is 10.1. The Hall–Kier alpha value is -1.06. The molecule has 0 saturated heterocycles. The molecule has 1 amide bonds. The summed E-state index contributed by atoms with van der Waals surface area (Å²) in [7, 11) is 0. The SMILES string of the molecule is CCCCC(CC)CN(CCC(=O)OC(C)C)C(C)=O. The molecule has 0 N–H and O–H groups in total. The van der Waals surface area contributed by atoms with Crippen LogP contribution in [0.1, 0.15) is 66.7 Å². The van der Waals surface area contributed by atoms with Gasteiger partial charge in [-0.1, -0.05) is 33.1 Å². The molecule has 0 bridgehead atoms. The predicted molar refractivity (Wildman–Crippen MR) is 81.4 cm³/mol. The van der Waals surface area contributed by atoms with Crippen molar-refractivity contribution < 1.29 is 14.3 Å². The Morgan fingerprint density at radius 3 is 2.30 bits per heavy atom. The van der Waals surface area contributed by atoms with Crippen LogP contribution in [0.15, 0.2) is 0 Å². The molecule has 0 spiro atoms. The first-order valence-electron chi connectivity index (χ1n) is 7.85. The van der Waals surface area contributed by atoms with E-state index in [4.69, 9.17) is 4.74 Å². The summed E-state index contributed by atoms with van der Waals surface area (Å²) in [5.74, 6) is 0.338. The van der Waals surface area contributed by atoms with Crippen LogP contribution in [0, 0.1) is 5.92 Å². The zero-order valence-corrected chi connectivity index (χ0v) is 13.8. The maximum absolute atomic E-state index is 11.7. The lowest BCUT2D eigenvalue weighted by atomic mass is 9.98. The van der Waals surface area contributed by atoms with Crippen LogP contribution >= 0.6 is 0 Å². The Balaban J connectivity index is 4.27. The lowest BCUT2D eigenvalue weighted by Gasteiger charge is -2.26. The molecule has 0 aromatic rings. The van der Waals surface area contributed by atoms with E-state index in [9.17, 15) is 9.59 Å². The molecule has 0 fully saturated rings. The van der Waals surface area contributed by atoms with Gasteiger partial charge in [0.2, 0.25) is 5.91 Å². The van der Waals surface area contributed by atoms with Gasteiger partial charge in [-0.15, -0.1) is 0 Å². The van der Waals surface area contributed by atoms with E-state index in [1.807, 2.05) is 13.8 Å². The van der Waals surface area contributed by atoms with Crippen molar-refractivity contribution in [1.82, 2.24) is 4.90 Å². The second-order valence-corrected chi connectivity index (χ2v) is 5.67. The third kappa shape index (κ3) is 8.94. The quantitative estimate of drug-likeness (QED) is 0.578. The molecule has 4 nitrogen and oxygen atoms in total. The van der Waals surface area contributed by atoms with Gasteiger partial charge in [-0.2, -0.15) is 0 Å². The van der Waals surface area contributed by atoms with Crippen LogP contribution in [0.2, 0.25) is 0 Å². The smallest absolute Gasteiger partial charge is 0.307 e. The molecule has 20 heavy (non-hydrogen) atoms. The van der Waals surface area contributed by atoms with E-state index in [1.165, 1.54) is 12.8 Å². The molecule has 0 heterocycles. The highest BCUT2D eigenvalue weighted by Gasteiger charge is 2.16. The van der Waals surface area contributed by atoms with E-state index >= 15 is 0 Å². The first-order chi connectivity index (χ1) is 9.40. The number of esters is 1. The fourth-order valence-corrected chi connectivity index (χ4v) is 2.15. The number of unbranched alkanes of at least 4 members (excludes halogenated alkanes) is 1. The fraction of sp³-hybridized carbons (Fsp3) is 0.875. The van der Waals surface area contributed by atoms with E-state index in [0.717, 1.165) is 19.4 Å². The van der Waals surface area contributed by atoms with Crippen LogP contribution < -0.4 is 0 Å². The second-order valence-electron chi connectivity index (χ2n) is 5.67. The Labute approximate surface area is 123 Å². The zero-order chi connectivity index (χ0) is 15.5. The highest BCUT2D eigenvalue weighted by Crippen LogP contribution is 2.15. The van der Waals surface area contributed by atoms with Crippen molar-refractivity contribution in [2.24, 2.45) is 5.92 Å². The molecular weight excluding hydrogens is 254 g/mol. The van der Waals surface area contributed by atoms with Gasteiger partial charge in [-0.25, -0.2) is 0 Å². The molecule has 0 saturated carbocycles. The Morgan fingerprint density at radius 1 is 1.20 bits per heavy atom. The van der Waals surface area contributed by atoms with Gasteiger partial charge in [-0.3, -0.25) is 9.59 Å². The van der Waals surface area contributed by atoms with Crippen molar-refractivity contribution in [3.05, 3.63) is 0 Å². The van der Waals surface area contributed by atoms with Crippen LogP contribution in [0.5, 0.6) is 0 Å². The van der Waals surface area contributed by atoms with Crippen molar-refractivity contribution in [3.8, 4) is 0 Å². The molecule has 4 heteroatoms. The van der Waals surface area contributed by atoms with Gasteiger partial charge in [0, 0.05) is 20.0 Å². The number of carbonyl (C=O) groups is 2. The largest absolute Gasteiger partial charge is 0.463 e. The first-order valence-corrected chi connectivity index (χ1v) is 7.85. The lowest BCUT2D eigenvalue weighted by Crippen LogP contribution is -2.35. The number of ether oxygens (including phenoxy) is 1. The summed E-state index contributed by atoms with van der Waals surface area (Å²) in [5, 5.41) is 0. The maximum atomic E-state index is 11.7. The molecule has 1 atom stereocenters. The summed E-state index contributed by atoms with van der Waals surface area (Å²) in [4.78, 5) is 25.0.